The fourth-order valence-electron chi connectivity index (χ4n) is 0.691. The van der Waals surface area contributed by atoms with Gasteiger partial charge >= 0.3 is 0 Å². The van der Waals surface area contributed by atoms with Crippen LogP contribution in [0.4, 0.5) is 4.39 Å². The Labute approximate surface area is 95.0 Å². The second-order valence-electron chi connectivity index (χ2n) is 2.12. The van der Waals surface area contributed by atoms with Crippen LogP contribution in [0.15, 0.2) is 15.0 Å². The number of halogens is 4. The Morgan fingerprint density at radius 3 is 2.55 bits per heavy atom. The van der Waals surface area contributed by atoms with E-state index in [2.05, 4.69) is 54.5 Å². The number of rotatable bonds is 0. The summed E-state index contributed by atoms with van der Waals surface area (Å²) >= 11 is 8.39. The first-order valence-corrected chi connectivity index (χ1v) is 5.50. The Bertz CT molecular complexity index is 273. The van der Waals surface area contributed by atoms with Crippen LogP contribution >= 0.6 is 54.5 Å². The maximum atomic E-state index is 13.1. The van der Waals surface area contributed by atoms with Gasteiger partial charge in [-0.15, -0.1) is 0 Å². The summed E-state index contributed by atoms with van der Waals surface area (Å²) in [6.07, 6.45) is 0. The van der Waals surface area contributed by atoms with Crippen molar-refractivity contribution in [2.45, 2.75) is 6.92 Å². The predicted molar refractivity (Wildman–Crippen MR) is 59.3 cm³/mol. The van der Waals surface area contributed by atoms with E-state index >= 15 is 0 Å². The maximum absolute atomic E-state index is 13.1. The lowest BCUT2D eigenvalue weighted by atomic mass is 10.2. The third-order valence-electron chi connectivity index (χ3n) is 1.28. The lowest BCUT2D eigenvalue weighted by molar-refractivity contribution is 0.612. The Balaban J connectivity index is 3.46. The number of benzene rings is 1. The molecule has 0 unspecified atom stereocenters. The molecule has 0 saturated carbocycles. The van der Waals surface area contributed by atoms with Crippen LogP contribution in [0, 0.1) is 16.3 Å². The van der Waals surface area contributed by atoms with E-state index in [9.17, 15) is 4.39 Å². The van der Waals surface area contributed by atoms with Crippen molar-refractivity contribution in [2.24, 2.45) is 0 Å². The second-order valence-corrected chi connectivity index (χ2v) is 4.84. The van der Waals surface area contributed by atoms with Crippen LogP contribution in [-0.4, -0.2) is 0 Å². The van der Waals surface area contributed by atoms with Gasteiger partial charge in [0.1, 0.15) is 0 Å². The summed E-state index contributed by atoms with van der Waals surface area (Å²) in [5, 5.41) is 0. The van der Waals surface area contributed by atoms with Gasteiger partial charge in [-0.2, -0.15) is 0 Å². The highest BCUT2D eigenvalue weighted by Crippen LogP contribution is 2.30. The molecule has 0 N–H and O–H groups in total. The van der Waals surface area contributed by atoms with Crippen molar-refractivity contribution in [2.75, 3.05) is 0 Å². The van der Waals surface area contributed by atoms with Crippen LogP contribution < -0.4 is 0 Å². The molecule has 0 bridgehead atoms. The molecule has 60 valence electrons. The molecule has 4 heteroatoms. The molecule has 0 amide bonds. The van der Waals surface area contributed by atoms with Crippen LogP contribution in [0.5, 0.6) is 0 Å². The fraction of sp³-hybridized carbons (Fsp3) is 0.143. The zero-order valence-electron chi connectivity index (χ0n) is 5.59. The average Bonchev–Trinajstić information content (AvgIpc) is 1.97. The van der Waals surface area contributed by atoms with Gasteiger partial charge in [-0.25, -0.2) is 4.39 Å². The molecule has 11 heavy (non-hydrogen) atoms. The Morgan fingerprint density at radius 2 is 2.00 bits per heavy atom. The van der Waals surface area contributed by atoms with Gasteiger partial charge in [-0.3, -0.25) is 0 Å². The third kappa shape index (κ3) is 1.95. The molecular formula is C7H4Br2FI. The number of hydrogen-bond acceptors (Lipinski definition) is 0. The number of hydrogen-bond donors (Lipinski definition) is 0. The monoisotopic (exact) mass is 392 g/mol. The largest absolute Gasteiger partial charge is 0.204 e. The molecule has 0 aliphatic heterocycles. The highest BCUT2D eigenvalue weighted by Gasteiger charge is 2.09. The first-order valence-electron chi connectivity index (χ1n) is 2.83. The maximum Gasteiger partial charge on any atom is 0.152 e. The van der Waals surface area contributed by atoms with Crippen molar-refractivity contribution in [3.05, 3.63) is 30.0 Å². The molecular weight excluding hydrogens is 390 g/mol. The quantitative estimate of drug-likeness (QED) is 0.351. The van der Waals surface area contributed by atoms with Gasteiger partial charge in [-0.1, -0.05) is 0 Å². The van der Waals surface area contributed by atoms with Crippen molar-refractivity contribution in [3.8, 4) is 0 Å². The minimum absolute atomic E-state index is 0.236. The fourth-order valence-corrected chi connectivity index (χ4v) is 2.42. The molecule has 0 fully saturated rings. The van der Waals surface area contributed by atoms with Gasteiger partial charge in [0.15, 0.2) is 5.82 Å². The first-order chi connectivity index (χ1) is 5.04. The normalized spacial score (nSPS) is 10.3. The van der Waals surface area contributed by atoms with Crippen molar-refractivity contribution >= 4 is 54.5 Å². The molecule has 0 nitrogen and oxygen atoms in total. The zero-order valence-corrected chi connectivity index (χ0v) is 10.9. The van der Waals surface area contributed by atoms with E-state index < -0.39 is 0 Å². The van der Waals surface area contributed by atoms with Crippen LogP contribution in [0.2, 0.25) is 0 Å². The summed E-state index contributed by atoms with van der Waals surface area (Å²) in [5.74, 6) is -0.236. The highest BCUT2D eigenvalue weighted by molar-refractivity contribution is 14.1. The van der Waals surface area contributed by atoms with Crippen molar-refractivity contribution in [1.82, 2.24) is 0 Å². The summed E-state index contributed by atoms with van der Waals surface area (Å²) in [4.78, 5) is 0. The molecule has 0 radical (unpaired) electrons. The van der Waals surface area contributed by atoms with Crippen molar-refractivity contribution < 1.29 is 4.39 Å². The molecule has 1 rings (SSSR count). The Kier molecular flexibility index (Phi) is 3.34. The van der Waals surface area contributed by atoms with E-state index in [0.717, 1.165) is 9.13 Å². The van der Waals surface area contributed by atoms with Gasteiger partial charge in [0.05, 0.1) is 8.95 Å². The summed E-state index contributed by atoms with van der Waals surface area (Å²) in [6.45, 7) is 1.94. The SMILES string of the molecule is Cc1cc(Br)c(F)c(Br)c1I. The minimum atomic E-state index is -0.236. The van der Waals surface area contributed by atoms with E-state index in [1.54, 1.807) is 6.07 Å². The van der Waals surface area contributed by atoms with E-state index in [-0.39, 0.29) is 5.82 Å². The molecule has 0 atom stereocenters. The molecule has 0 saturated heterocycles. The summed E-state index contributed by atoms with van der Waals surface area (Å²) < 4.78 is 15.0. The minimum Gasteiger partial charge on any atom is -0.204 e. The van der Waals surface area contributed by atoms with Gasteiger partial charge in [0, 0.05) is 3.57 Å². The summed E-state index contributed by atoms with van der Waals surface area (Å²) in [5.41, 5.74) is 1.06. The van der Waals surface area contributed by atoms with E-state index in [4.69, 9.17) is 0 Å². The molecule has 0 aliphatic rings. The molecule has 0 aliphatic carbocycles. The molecule has 0 aromatic heterocycles. The standard InChI is InChI=1S/C7H4Br2FI/c1-3-2-4(8)6(10)5(9)7(3)11/h2H,1H3. The van der Waals surface area contributed by atoms with E-state index in [1.807, 2.05) is 6.92 Å². The smallest absolute Gasteiger partial charge is 0.152 e. The lowest BCUT2D eigenvalue weighted by Gasteiger charge is -2.03. The van der Waals surface area contributed by atoms with Crippen molar-refractivity contribution in [3.63, 3.8) is 0 Å². The predicted octanol–water partition coefficient (Wildman–Crippen LogP) is 4.26. The first kappa shape index (κ1) is 9.92. The Hall–Kier alpha value is 0.840. The molecule has 0 heterocycles. The summed E-state index contributed by atoms with van der Waals surface area (Å²) in [7, 11) is 0. The van der Waals surface area contributed by atoms with Crippen LogP contribution in [-0.2, 0) is 0 Å². The van der Waals surface area contributed by atoms with Crippen LogP contribution in [0.25, 0.3) is 0 Å². The molecule has 0 spiro atoms. The second kappa shape index (κ2) is 3.70. The van der Waals surface area contributed by atoms with Crippen LogP contribution in [0.1, 0.15) is 5.56 Å². The highest BCUT2D eigenvalue weighted by atomic mass is 127. The van der Waals surface area contributed by atoms with Gasteiger partial charge in [-0.05, 0) is 73.0 Å². The van der Waals surface area contributed by atoms with Gasteiger partial charge in [0.2, 0.25) is 0 Å². The van der Waals surface area contributed by atoms with E-state index in [0.29, 0.717) is 8.95 Å². The summed E-state index contributed by atoms with van der Waals surface area (Å²) in [6, 6.07) is 1.77. The van der Waals surface area contributed by atoms with E-state index in [1.165, 1.54) is 0 Å². The van der Waals surface area contributed by atoms with Gasteiger partial charge in [0.25, 0.3) is 0 Å². The molecule has 1 aromatic rings. The number of aryl methyl sites for hydroxylation is 1. The topological polar surface area (TPSA) is 0 Å². The Morgan fingerprint density at radius 1 is 1.45 bits per heavy atom. The third-order valence-corrected chi connectivity index (χ3v) is 4.74. The zero-order chi connectivity index (χ0) is 8.59. The molecule has 1 aromatic carbocycles. The average molecular weight is 394 g/mol. The van der Waals surface area contributed by atoms with Crippen LogP contribution in [0.3, 0.4) is 0 Å². The lowest BCUT2D eigenvalue weighted by Crippen LogP contribution is -1.88. The van der Waals surface area contributed by atoms with Crippen molar-refractivity contribution in [1.29, 1.82) is 0 Å². The van der Waals surface area contributed by atoms with Gasteiger partial charge < -0.3 is 0 Å².